The van der Waals surface area contributed by atoms with Gasteiger partial charge in [0.1, 0.15) is 5.82 Å². The van der Waals surface area contributed by atoms with E-state index < -0.39 is 15.8 Å². The van der Waals surface area contributed by atoms with Gasteiger partial charge in [0.2, 0.25) is 0 Å². The summed E-state index contributed by atoms with van der Waals surface area (Å²) in [5.74, 6) is -0.650. The van der Waals surface area contributed by atoms with Crippen LogP contribution in [0.4, 0.5) is 10.1 Å². The Morgan fingerprint density at radius 3 is 2.65 bits per heavy atom. The van der Waals surface area contributed by atoms with Crippen LogP contribution in [0.1, 0.15) is 17.3 Å². The summed E-state index contributed by atoms with van der Waals surface area (Å²) in [5, 5.41) is 3.21. The lowest BCUT2D eigenvalue weighted by molar-refractivity contribution is 0.0655. The summed E-state index contributed by atoms with van der Waals surface area (Å²) in [4.78, 5) is 14.4. The molecule has 1 atom stereocenters. The molecule has 0 aromatic heterocycles. The van der Waals surface area contributed by atoms with E-state index in [4.69, 9.17) is 0 Å². The summed E-state index contributed by atoms with van der Waals surface area (Å²) in [6.07, 6.45) is 0. The van der Waals surface area contributed by atoms with Crippen molar-refractivity contribution < 1.29 is 17.6 Å². The van der Waals surface area contributed by atoms with Crippen LogP contribution in [0.15, 0.2) is 53.4 Å². The van der Waals surface area contributed by atoms with Crippen molar-refractivity contribution in [2.75, 3.05) is 24.4 Å². The highest BCUT2D eigenvalue weighted by molar-refractivity contribution is 7.92. The second kappa shape index (κ2) is 7.43. The van der Waals surface area contributed by atoms with E-state index in [1.165, 1.54) is 36.4 Å². The van der Waals surface area contributed by atoms with Crippen molar-refractivity contribution in [2.24, 2.45) is 0 Å². The second-order valence-electron chi connectivity index (χ2n) is 6.19. The molecule has 0 radical (unpaired) electrons. The molecule has 26 heavy (non-hydrogen) atoms. The summed E-state index contributed by atoms with van der Waals surface area (Å²) in [7, 11) is -3.88. The van der Waals surface area contributed by atoms with Crippen molar-refractivity contribution in [3.8, 4) is 0 Å². The Morgan fingerprint density at radius 2 is 1.96 bits per heavy atom. The number of carbonyl (C=O) groups is 1. The Balaban J connectivity index is 1.83. The fourth-order valence-electron chi connectivity index (χ4n) is 2.84. The highest BCUT2D eigenvalue weighted by Crippen LogP contribution is 2.19. The number of halogens is 1. The lowest BCUT2D eigenvalue weighted by Gasteiger charge is -2.34. The number of benzene rings is 2. The molecule has 0 saturated carbocycles. The van der Waals surface area contributed by atoms with E-state index in [9.17, 15) is 17.6 Å². The minimum atomic E-state index is -3.88. The largest absolute Gasteiger partial charge is 0.333 e. The van der Waals surface area contributed by atoms with E-state index >= 15 is 0 Å². The van der Waals surface area contributed by atoms with Gasteiger partial charge in [0, 0.05) is 36.9 Å². The molecule has 1 aliphatic heterocycles. The number of rotatable bonds is 4. The molecule has 0 bridgehead atoms. The van der Waals surface area contributed by atoms with E-state index in [0.717, 1.165) is 0 Å². The van der Waals surface area contributed by atoms with Gasteiger partial charge in [0.05, 0.1) is 4.90 Å². The van der Waals surface area contributed by atoms with Crippen molar-refractivity contribution in [3.63, 3.8) is 0 Å². The summed E-state index contributed by atoms with van der Waals surface area (Å²) < 4.78 is 40.5. The fourth-order valence-corrected chi connectivity index (χ4v) is 3.94. The molecule has 1 aliphatic rings. The predicted molar refractivity (Wildman–Crippen MR) is 97.0 cm³/mol. The molecule has 0 unspecified atom stereocenters. The third-order valence-corrected chi connectivity index (χ3v) is 5.63. The molecule has 1 heterocycles. The lowest BCUT2D eigenvalue weighted by Crippen LogP contribution is -2.52. The summed E-state index contributed by atoms with van der Waals surface area (Å²) in [5.41, 5.74) is 0.569. The number of piperazine rings is 1. The average Bonchev–Trinajstić information content (AvgIpc) is 2.63. The Hall–Kier alpha value is -2.45. The number of amides is 1. The molecule has 2 aromatic carbocycles. The van der Waals surface area contributed by atoms with Crippen LogP contribution in [0.25, 0.3) is 0 Å². The number of anilines is 1. The van der Waals surface area contributed by atoms with Crippen LogP contribution >= 0.6 is 0 Å². The van der Waals surface area contributed by atoms with Crippen LogP contribution < -0.4 is 10.0 Å². The molecule has 1 amide bonds. The van der Waals surface area contributed by atoms with Crippen molar-refractivity contribution in [1.29, 1.82) is 0 Å². The van der Waals surface area contributed by atoms with Gasteiger partial charge >= 0.3 is 0 Å². The van der Waals surface area contributed by atoms with Gasteiger partial charge in [0.15, 0.2) is 0 Å². The molecule has 3 rings (SSSR count). The first-order chi connectivity index (χ1) is 12.4. The standard InChI is InChI=1S/C18H20FN3O3S/c1-13-12-20-9-10-22(13)18(23)14-3-2-4-17(11-14)26(24,25)21-16-7-5-15(19)6-8-16/h2-8,11,13,20-21H,9-10,12H2,1H3/t13-/m1/s1. The summed E-state index contributed by atoms with van der Waals surface area (Å²) in [6, 6.07) is 11.0. The van der Waals surface area contributed by atoms with Gasteiger partial charge < -0.3 is 10.2 Å². The Bertz CT molecular complexity index is 900. The number of hydrogen-bond acceptors (Lipinski definition) is 4. The molecule has 6 nitrogen and oxygen atoms in total. The molecule has 1 fully saturated rings. The van der Waals surface area contributed by atoms with Gasteiger partial charge in [-0.2, -0.15) is 0 Å². The maximum Gasteiger partial charge on any atom is 0.261 e. The molecule has 138 valence electrons. The summed E-state index contributed by atoms with van der Waals surface area (Å²) in [6.45, 7) is 3.93. The van der Waals surface area contributed by atoms with Crippen LogP contribution in [0.2, 0.25) is 0 Å². The maximum absolute atomic E-state index is 13.0. The van der Waals surface area contributed by atoms with Crippen molar-refractivity contribution in [2.45, 2.75) is 17.9 Å². The molecule has 0 spiro atoms. The first kappa shape index (κ1) is 18.3. The zero-order chi connectivity index (χ0) is 18.7. The van der Waals surface area contributed by atoms with E-state index in [0.29, 0.717) is 25.2 Å². The van der Waals surface area contributed by atoms with E-state index in [1.807, 2.05) is 6.92 Å². The molecule has 2 aromatic rings. The van der Waals surface area contributed by atoms with Gasteiger partial charge in [-0.25, -0.2) is 12.8 Å². The normalized spacial score (nSPS) is 17.8. The van der Waals surface area contributed by atoms with Gasteiger partial charge in [0.25, 0.3) is 15.9 Å². The molecule has 2 N–H and O–H groups in total. The minimum Gasteiger partial charge on any atom is -0.333 e. The zero-order valence-corrected chi connectivity index (χ0v) is 15.1. The number of nitrogens with zero attached hydrogens (tertiary/aromatic N) is 1. The number of hydrogen-bond donors (Lipinski definition) is 2. The first-order valence-corrected chi connectivity index (χ1v) is 9.75. The van der Waals surface area contributed by atoms with Crippen LogP contribution in [-0.4, -0.2) is 44.9 Å². The van der Waals surface area contributed by atoms with Crippen LogP contribution in [0, 0.1) is 5.82 Å². The van der Waals surface area contributed by atoms with Gasteiger partial charge in [-0.1, -0.05) is 6.07 Å². The van der Waals surface area contributed by atoms with Crippen molar-refractivity contribution in [3.05, 3.63) is 59.9 Å². The Morgan fingerprint density at radius 1 is 1.23 bits per heavy atom. The van der Waals surface area contributed by atoms with Crippen molar-refractivity contribution >= 4 is 21.6 Å². The topological polar surface area (TPSA) is 78.5 Å². The minimum absolute atomic E-state index is 0.0181. The van der Waals surface area contributed by atoms with Gasteiger partial charge in [-0.3, -0.25) is 9.52 Å². The third kappa shape index (κ3) is 4.03. The maximum atomic E-state index is 13.0. The number of carbonyl (C=O) groups excluding carboxylic acids is 1. The number of sulfonamides is 1. The second-order valence-corrected chi connectivity index (χ2v) is 7.87. The molecule has 0 aliphatic carbocycles. The lowest BCUT2D eigenvalue weighted by atomic mass is 10.1. The van der Waals surface area contributed by atoms with Gasteiger partial charge in [-0.05, 0) is 49.4 Å². The highest BCUT2D eigenvalue weighted by atomic mass is 32.2. The third-order valence-electron chi connectivity index (χ3n) is 4.25. The van der Waals surface area contributed by atoms with E-state index in [1.54, 1.807) is 17.0 Å². The molecule has 1 saturated heterocycles. The fraction of sp³-hybridized carbons (Fsp3) is 0.278. The first-order valence-electron chi connectivity index (χ1n) is 8.27. The van der Waals surface area contributed by atoms with Gasteiger partial charge in [-0.15, -0.1) is 0 Å². The van der Waals surface area contributed by atoms with Crippen molar-refractivity contribution in [1.82, 2.24) is 10.2 Å². The Labute approximate surface area is 152 Å². The average molecular weight is 377 g/mol. The monoisotopic (exact) mass is 377 g/mol. The quantitative estimate of drug-likeness (QED) is 0.855. The van der Waals surface area contributed by atoms with Crippen LogP contribution in [-0.2, 0) is 10.0 Å². The van der Waals surface area contributed by atoms with Crippen LogP contribution in [0.3, 0.4) is 0 Å². The van der Waals surface area contributed by atoms with E-state index in [2.05, 4.69) is 10.0 Å². The SMILES string of the molecule is C[C@@H]1CNCCN1C(=O)c1cccc(S(=O)(=O)Nc2ccc(F)cc2)c1. The Kier molecular flexibility index (Phi) is 5.24. The van der Waals surface area contributed by atoms with E-state index in [-0.39, 0.29) is 22.5 Å². The number of nitrogens with one attached hydrogen (secondary N) is 2. The highest BCUT2D eigenvalue weighted by Gasteiger charge is 2.25. The zero-order valence-electron chi connectivity index (χ0n) is 14.3. The molecule has 8 heteroatoms. The molecular formula is C18H20FN3O3S. The molecular weight excluding hydrogens is 357 g/mol. The smallest absolute Gasteiger partial charge is 0.261 e. The van der Waals surface area contributed by atoms with Crippen LogP contribution in [0.5, 0.6) is 0 Å². The predicted octanol–water partition coefficient (Wildman–Crippen LogP) is 2.06. The summed E-state index contributed by atoms with van der Waals surface area (Å²) >= 11 is 0.